The van der Waals surface area contributed by atoms with Gasteiger partial charge in [0.05, 0.1) is 26.1 Å². The lowest BCUT2D eigenvalue weighted by Gasteiger charge is -2.37. The maximum absolute atomic E-state index is 12.0. The summed E-state index contributed by atoms with van der Waals surface area (Å²) in [6, 6.07) is 16.3. The van der Waals surface area contributed by atoms with Crippen molar-refractivity contribution >= 4 is 11.9 Å². The quantitative estimate of drug-likeness (QED) is 0.494. The van der Waals surface area contributed by atoms with Crippen LogP contribution in [0.4, 0.5) is 0 Å². The molecule has 0 atom stereocenters. The van der Waals surface area contributed by atoms with Crippen LogP contribution in [0.15, 0.2) is 48.5 Å². The molecule has 5 nitrogen and oxygen atoms in total. The zero-order valence-electron chi connectivity index (χ0n) is 18.9. The first-order chi connectivity index (χ1) is 15.6. The molecule has 0 saturated heterocycles. The van der Waals surface area contributed by atoms with Crippen molar-refractivity contribution in [2.24, 2.45) is 5.92 Å². The number of carbonyl (C=O) groups is 2. The Labute approximate surface area is 190 Å². The van der Waals surface area contributed by atoms with Crippen LogP contribution in [0.1, 0.15) is 55.2 Å². The van der Waals surface area contributed by atoms with Crippen molar-refractivity contribution in [3.63, 3.8) is 0 Å². The van der Waals surface area contributed by atoms with Crippen LogP contribution in [0.5, 0.6) is 5.75 Å². The monoisotopic (exact) mass is 435 g/mol. The summed E-state index contributed by atoms with van der Waals surface area (Å²) in [7, 11) is 1.48. The number of rotatable bonds is 8. The number of fused-ring (bicyclic) bond motifs is 2. The third-order valence-corrected chi connectivity index (χ3v) is 7.12. The number of hydrogen-bond donors (Lipinski definition) is 1. The van der Waals surface area contributed by atoms with Crippen molar-refractivity contribution in [3.05, 3.63) is 65.2 Å². The Hall–Kier alpha value is -2.82. The van der Waals surface area contributed by atoms with E-state index in [0.29, 0.717) is 19.6 Å². The van der Waals surface area contributed by atoms with Crippen LogP contribution in [0.3, 0.4) is 0 Å². The summed E-state index contributed by atoms with van der Waals surface area (Å²) in [4.78, 5) is 24.0. The van der Waals surface area contributed by atoms with Gasteiger partial charge >= 0.3 is 5.97 Å². The Kier molecular flexibility index (Phi) is 7.13. The van der Waals surface area contributed by atoms with Crippen LogP contribution in [-0.4, -0.2) is 32.1 Å². The van der Waals surface area contributed by atoms with E-state index in [1.807, 2.05) is 30.3 Å². The van der Waals surface area contributed by atoms with Crippen molar-refractivity contribution in [2.45, 2.75) is 56.8 Å². The molecule has 32 heavy (non-hydrogen) atoms. The Bertz CT molecular complexity index is 932. The van der Waals surface area contributed by atoms with Gasteiger partial charge in [-0.05, 0) is 79.2 Å². The minimum Gasteiger partial charge on any atom is -0.494 e. The number of carbonyl (C=O) groups excluding carboxylic acids is 2. The van der Waals surface area contributed by atoms with Crippen molar-refractivity contribution in [3.8, 4) is 5.75 Å². The van der Waals surface area contributed by atoms with Gasteiger partial charge in [0.25, 0.3) is 0 Å². The lowest BCUT2D eigenvalue weighted by Crippen LogP contribution is -2.32. The maximum atomic E-state index is 12.0. The van der Waals surface area contributed by atoms with Crippen LogP contribution in [0.25, 0.3) is 0 Å². The number of amides is 1. The van der Waals surface area contributed by atoms with E-state index in [1.165, 1.54) is 18.2 Å². The number of hydrogen-bond acceptors (Lipinski definition) is 4. The molecule has 170 valence electrons. The molecule has 2 aliphatic rings. The zero-order valence-corrected chi connectivity index (χ0v) is 18.9. The van der Waals surface area contributed by atoms with Gasteiger partial charge in [0.1, 0.15) is 5.75 Å². The number of methoxy groups -OCH3 is 1. The first-order valence-corrected chi connectivity index (χ1v) is 11.7. The summed E-state index contributed by atoms with van der Waals surface area (Å²) in [5.41, 5.74) is 4.04. The Morgan fingerprint density at radius 1 is 1.06 bits per heavy atom. The van der Waals surface area contributed by atoms with Gasteiger partial charge in [-0.1, -0.05) is 36.4 Å². The molecule has 0 heterocycles. The molecule has 1 N–H and O–H groups in total. The van der Waals surface area contributed by atoms with Gasteiger partial charge in [-0.15, -0.1) is 0 Å². The van der Waals surface area contributed by atoms with E-state index in [9.17, 15) is 9.59 Å². The van der Waals surface area contributed by atoms with Gasteiger partial charge in [-0.2, -0.15) is 0 Å². The number of esters is 1. The minimum absolute atomic E-state index is 0.0400. The van der Waals surface area contributed by atoms with E-state index < -0.39 is 0 Å². The molecule has 1 fully saturated rings. The molecule has 2 aromatic carbocycles. The number of benzene rings is 2. The molecule has 0 aliphatic heterocycles. The van der Waals surface area contributed by atoms with Crippen molar-refractivity contribution in [1.29, 1.82) is 0 Å². The largest absolute Gasteiger partial charge is 0.494 e. The van der Waals surface area contributed by atoms with Crippen LogP contribution in [0.2, 0.25) is 0 Å². The summed E-state index contributed by atoms with van der Waals surface area (Å²) in [6.45, 7) is 1.18. The van der Waals surface area contributed by atoms with Crippen molar-refractivity contribution in [1.82, 2.24) is 5.32 Å². The highest BCUT2D eigenvalue weighted by atomic mass is 16.5. The second-order valence-electron chi connectivity index (χ2n) is 9.11. The molecule has 0 unspecified atom stereocenters. The van der Waals surface area contributed by atoms with E-state index in [-0.39, 0.29) is 23.2 Å². The molecule has 0 radical (unpaired) electrons. The van der Waals surface area contributed by atoms with E-state index in [0.717, 1.165) is 56.3 Å². The summed E-state index contributed by atoms with van der Waals surface area (Å²) in [5.74, 6) is 0.922. The van der Waals surface area contributed by atoms with Gasteiger partial charge in [0.2, 0.25) is 5.91 Å². The fourth-order valence-electron chi connectivity index (χ4n) is 5.29. The van der Waals surface area contributed by atoms with E-state index >= 15 is 0 Å². The SMILES string of the molecule is COC(=O)C1CCC2(CCc3ccc(OCCCNC(=O)Cc4ccccc4)cc32)CC1. The minimum atomic E-state index is -0.0639. The second-order valence-corrected chi connectivity index (χ2v) is 9.11. The van der Waals surface area contributed by atoms with Gasteiger partial charge in [-0.3, -0.25) is 9.59 Å². The highest BCUT2D eigenvalue weighted by Gasteiger charge is 2.43. The smallest absolute Gasteiger partial charge is 0.308 e. The van der Waals surface area contributed by atoms with Crippen LogP contribution < -0.4 is 10.1 Å². The Morgan fingerprint density at radius 3 is 2.59 bits per heavy atom. The molecular weight excluding hydrogens is 402 g/mol. The average molecular weight is 436 g/mol. The summed E-state index contributed by atoms with van der Waals surface area (Å²) >= 11 is 0. The van der Waals surface area contributed by atoms with Crippen LogP contribution in [-0.2, 0) is 32.6 Å². The molecule has 1 spiro atoms. The Balaban J connectivity index is 1.24. The first kappa shape index (κ1) is 22.4. The van der Waals surface area contributed by atoms with E-state index in [4.69, 9.17) is 9.47 Å². The summed E-state index contributed by atoms with van der Waals surface area (Å²) in [6.07, 6.45) is 7.32. The fraction of sp³-hybridized carbons (Fsp3) is 0.481. The Morgan fingerprint density at radius 2 is 1.84 bits per heavy atom. The molecule has 0 bridgehead atoms. The molecule has 2 aliphatic carbocycles. The highest BCUT2D eigenvalue weighted by molar-refractivity contribution is 5.78. The maximum Gasteiger partial charge on any atom is 0.308 e. The van der Waals surface area contributed by atoms with Gasteiger partial charge in [-0.25, -0.2) is 0 Å². The number of nitrogens with one attached hydrogen (secondary N) is 1. The first-order valence-electron chi connectivity index (χ1n) is 11.7. The van der Waals surface area contributed by atoms with Crippen molar-refractivity contribution < 1.29 is 19.1 Å². The lowest BCUT2D eigenvalue weighted by molar-refractivity contribution is -0.147. The third-order valence-electron chi connectivity index (χ3n) is 7.12. The highest BCUT2D eigenvalue weighted by Crippen LogP contribution is 2.50. The molecule has 0 aromatic heterocycles. The molecule has 1 saturated carbocycles. The van der Waals surface area contributed by atoms with E-state index in [1.54, 1.807) is 0 Å². The fourth-order valence-corrected chi connectivity index (χ4v) is 5.29. The number of aryl methyl sites for hydroxylation is 1. The van der Waals surface area contributed by atoms with Gasteiger partial charge in [0, 0.05) is 6.54 Å². The summed E-state index contributed by atoms with van der Waals surface area (Å²) < 4.78 is 11.0. The standard InChI is InChI=1S/C27H33NO4/c1-31-26(30)22-11-14-27(15-12-22)13-10-21-8-9-23(19-24(21)27)32-17-5-16-28-25(29)18-20-6-3-2-4-7-20/h2-4,6-9,19,22H,5,10-18H2,1H3,(H,28,29). The topological polar surface area (TPSA) is 64.6 Å². The average Bonchev–Trinajstić information content (AvgIpc) is 3.17. The summed E-state index contributed by atoms with van der Waals surface area (Å²) in [5, 5.41) is 2.97. The normalized spacial score (nSPS) is 21.7. The second kappa shape index (κ2) is 10.2. The molecule has 5 heteroatoms. The number of ether oxygens (including phenoxy) is 2. The van der Waals surface area contributed by atoms with E-state index in [2.05, 4.69) is 23.5 Å². The molecule has 2 aromatic rings. The predicted octanol–water partition coefficient (Wildman–Crippen LogP) is 4.36. The predicted molar refractivity (Wildman–Crippen MR) is 124 cm³/mol. The molecule has 1 amide bonds. The van der Waals surface area contributed by atoms with Crippen molar-refractivity contribution in [2.75, 3.05) is 20.3 Å². The van der Waals surface area contributed by atoms with Gasteiger partial charge in [0.15, 0.2) is 0 Å². The molecule has 4 rings (SSSR count). The zero-order chi connectivity index (χ0) is 22.4. The third kappa shape index (κ3) is 5.14. The lowest BCUT2D eigenvalue weighted by atomic mass is 9.67. The molecular formula is C27H33NO4. The van der Waals surface area contributed by atoms with Crippen LogP contribution >= 0.6 is 0 Å². The van der Waals surface area contributed by atoms with Gasteiger partial charge < -0.3 is 14.8 Å². The van der Waals surface area contributed by atoms with Crippen LogP contribution in [0, 0.1) is 5.92 Å².